The summed E-state index contributed by atoms with van der Waals surface area (Å²) in [5.41, 5.74) is -0.334. The van der Waals surface area contributed by atoms with Gasteiger partial charge in [-0.2, -0.15) is 4.98 Å². The van der Waals surface area contributed by atoms with Crippen LogP contribution in [0, 0.1) is 0 Å². The molecular formula is C15H27N3O2. The standard InChI is InChI=1S/C15H27N3O2/c1-4-16-12(2)11-13-17-14(18-20-13)15(19-3)9-7-5-6-8-10-15/h12,16H,4-11H2,1-3H3. The van der Waals surface area contributed by atoms with Crippen molar-refractivity contribution in [3.63, 3.8) is 0 Å². The summed E-state index contributed by atoms with van der Waals surface area (Å²) in [6.45, 7) is 5.18. The Morgan fingerprint density at radius 2 is 2.00 bits per heavy atom. The second-order valence-corrected chi connectivity index (χ2v) is 5.79. The molecule has 1 unspecified atom stereocenters. The fraction of sp³-hybridized carbons (Fsp3) is 0.867. The van der Waals surface area contributed by atoms with Crippen molar-refractivity contribution < 1.29 is 9.26 Å². The number of rotatable bonds is 6. The summed E-state index contributed by atoms with van der Waals surface area (Å²) in [7, 11) is 1.77. The van der Waals surface area contributed by atoms with Gasteiger partial charge in [0, 0.05) is 19.6 Å². The molecule has 0 radical (unpaired) electrons. The molecule has 5 heteroatoms. The first kappa shape index (κ1) is 15.4. The molecule has 1 aromatic rings. The Morgan fingerprint density at radius 1 is 1.30 bits per heavy atom. The third-order valence-electron chi connectivity index (χ3n) is 4.21. The monoisotopic (exact) mass is 281 g/mol. The third-order valence-corrected chi connectivity index (χ3v) is 4.21. The lowest BCUT2D eigenvalue weighted by Crippen LogP contribution is -2.30. The van der Waals surface area contributed by atoms with E-state index in [0.29, 0.717) is 11.9 Å². The van der Waals surface area contributed by atoms with Gasteiger partial charge in [0.1, 0.15) is 5.60 Å². The lowest BCUT2D eigenvalue weighted by atomic mass is 9.93. The van der Waals surface area contributed by atoms with Gasteiger partial charge < -0.3 is 14.6 Å². The van der Waals surface area contributed by atoms with E-state index in [-0.39, 0.29) is 5.60 Å². The first-order valence-electron chi connectivity index (χ1n) is 7.82. The Labute approximate surface area is 121 Å². The smallest absolute Gasteiger partial charge is 0.228 e. The Hall–Kier alpha value is -0.940. The molecule has 0 amide bonds. The van der Waals surface area contributed by atoms with Crippen LogP contribution in [0.25, 0.3) is 0 Å². The molecular weight excluding hydrogens is 254 g/mol. The zero-order chi connectivity index (χ0) is 14.4. The zero-order valence-electron chi connectivity index (χ0n) is 12.9. The molecule has 1 N–H and O–H groups in total. The van der Waals surface area contributed by atoms with Gasteiger partial charge in [0.15, 0.2) is 0 Å². The maximum absolute atomic E-state index is 5.81. The Balaban J connectivity index is 2.08. The van der Waals surface area contributed by atoms with Gasteiger partial charge in [-0.1, -0.05) is 37.8 Å². The Kier molecular flexibility index (Phi) is 5.54. The van der Waals surface area contributed by atoms with E-state index in [1.54, 1.807) is 7.11 Å². The van der Waals surface area contributed by atoms with Gasteiger partial charge in [-0.15, -0.1) is 0 Å². The maximum atomic E-state index is 5.81. The molecule has 1 saturated carbocycles. The van der Waals surface area contributed by atoms with Crippen LogP contribution in [0.3, 0.4) is 0 Å². The molecule has 1 heterocycles. The summed E-state index contributed by atoms with van der Waals surface area (Å²) < 4.78 is 11.2. The number of nitrogens with one attached hydrogen (secondary N) is 1. The predicted molar refractivity (Wildman–Crippen MR) is 77.5 cm³/mol. The van der Waals surface area contributed by atoms with Crippen LogP contribution in [0.15, 0.2) is 4.52 Å². The minimum absolute atomic E-state index is 0.334. The maximum Gasteiger partial charge on any atom is 0.228 e. The van der Waals surface area contributed by atoms with E-state index in [0.717, 1.165) is 31.6 Å². The highest BCUT2D eigenvalue weighted by molar-refractivity contribution is 5.03. The quantitative estimate of drug-likeness (QED) is 0.812. The van der Waals surface area contributed by atoms with Gasteiger partial charge in [-0.05, 0) is 26.3 Å². The lowest BCUT2D eigenvalue weighted by Gasteiger charge is -2.27. The highest BCUT2D eigenvalue weighted by Gasteiger charge is 2.37. The van der Waals surface area contributed by atoms with E-state index in [1.165, 1.54) is 25.7 Å². The summed E-state index contributed by atoms with van der Waals surface area (Å²) in [6, 6.07) is 0.348. The molecule has 1 atom stereocenters. The minimum atomic E-state index is -0.334. The predicted octanol–water partition coefficient (Wildman–Crippen LogP) is 2.81. The summed E-state index contributed by atoms with van der Waals surface area (Å²) >= 11 is 0. The molecule has 2 rings (SSSR count). The summed E-state index contributed by atoms with van der Waals surface area (Å²) in [5.74, 6) is 1.44. The SMILES string of the molecule is CCNC(C)Cc1nc(C2(OC)CCCCCC2)no1. The second kappa shape index (κ2) is 7.18. The van der Waals surface area contributed by atoms with E-state index in [9.17, 15) is 0 Å². The molecule has 0 spiro atoms. The topological polar surface area (TPSA) is 60.2 Å². The van der Waals surface area contributed by atoms with Crippen LogP contribution in [0.2, 0.25) is 0 Å². The van der Waals surface area contributed by atoms with Gasteiger partial charge in [0.05, 0.1) is 0 Å². The van der Waals surface area contributed by atoms with Crippen molar-refractivity contribution in [3.05, 3.63) is 11.7 Å². The van der Waals surface area contributed by atoms with Gasteiger partial charge in [0.2, 0.25) is 11.7 Å². The van der Waals surface area contributed by atoms with E-state index in [4.69, 9.17) is 9.26 Å². The first-order chi connectivity index (χ1) is 9.70. The van der Waals surface area contributed by atoms with Crippen LogP contribution in [-0.4, -0.2) is 29.8 Å². The lowest BCUT2D eigenvalue weighted by molar-refractivity contribution is -0.0365. The number of nitrogens with zero attached hydrogens (tertiary/aromatic N) is 2. The average molecular weight is 281 g/mol. The molecule has 0 saturated heterocycles. The van der Waals surface area contributed by atoms with Crippen LogP contribution >= 0.6 is 0 Å². The van der Waals surface area contributed by atoms with Crippen LogP contribution in [0.4, 0.5) is 0 Å². The number of ether oxygens (including phenoxy) is 1. The highest BCUT2D eigenvalue weighted by atomic mass is 16.5. The van der Waals surface area contributed by atoms with E-state index >= 15 is 0 Å². The van der Waals surface area contributed by atoms with Crippen LogP contribution in [-0.2, 0) is 16.8 Å². The average Bonchev–Trinajstić information content (AvgIpc) is 2.76. The van der Waals surface area contributed by atoms with E-state index < -0.39 is 0 Å². The van der Waals surface area contributed by atoms with Crippen molar-refractivity contribution in [2.45, 2.75) is 70.4 Å². The van der Waals surface area contributed by atoms with Crippen LogP contribution in [0.1, 0.15) is 64.1 Å². The zero-order valence-corrected chi connectivity index (χ0v) is 12.9. The first-order valence-corrected chi connectivity index (χ1v) is 7.82. The minimum Gasteiger partial charge on any atom is -0.370 e. The number of hydrogen-bond acceptors (Lipinski definition) is 5. The molecule has 1 aliphatic carbocycles. The Bertz CT molecular complexity index is 398. The molecule has 1 aliphatic rings. The Morgan fingerprint density at radius 3 is 2.60 bits per heavy atom. The summed E-state index contributed by atoms with van der Waals surface area (Å²) in [5, 5.41) is 7.56. The van der Waals surface area contributed by atoms with Crippen molar-refractivity contribution in [1.29, 1.82) is 0 Å². The number of hydrogen-bond donors (Lipinski definition) is 1. The van der Waals surface area contributed by atoms with Crippen molar-refractivity contribution in [2.75, 3.05) is 13.7 Å². The van der Waals surface area contributed by atoms with Crippen molar-refractivity contribution in [3.8, 4) is 0 Å². The van der Waals surface area contributed by atoms with Crippen molar-refractivity contribution in [2.24, 2.45) is 0 Å². The van der Waals surface area contributed by atoms with Gasteiger partial charge in [0.25, 0.3) is 0 Å². The van der Waals surface area contributed by atoms with Crippen molar-refractivity contribution >= 4 is 0 Å². The number of likely N-dealkylation sites (N-methyl/N-ethyl adjacent to an activating group) is 1. The molecule has 0 aliphatic heterocycles. The molecule has 114 valence electrons. The highest BCUT2D eigenvalue weighted by Crippen LogP contribution is 2.37. The van der Waals surface area contributed by atoms with Gasteiger partial charge in [-0.25, -0.2) is 0 Å². The summed E-state index contributed by atoms with van der Waals surface area (Å²) in [4.78, 5) is 4.60. The number of aromatic nitrogens is 2. The molecule has 1 fully saturated rings. The van der Waals surface area contributed by atoms with Crippen LogP contribution < -0.4 is 5.32 Å². The second-order valence-electron chi connectivity index (χ2n) is 5.79. The molecule has 1 aromatic heterocycles. The largest absolute Gasteiger partial charge is 0.370 e. The molecule has 0 aromatic carbocycles. The molecule has 20 heavy (non-hydrogen) atoms. The fourth-order valence-electron chi connectivity index (χ4n) is 3.02. The van der Waals surface area contributed by atoms with Crippen LogP contribution in [0.5, 0.6) is 0 Å². The molecule has 0 bridgehead atoms. The third kappa shape index (κ3) is 3.58. The number of methoxy groups -OCH3 is 1. The van der Waals surface area contributed by atoms with Gasteiger partial charge >= 0.3 is 0 Å². The fourth-order valence-corrected chi connectivity index (χ4v) is 3.02. The van der Waals surface area contributed by atoms with E-state index in [1.807, 2.05) is 0 Å². The van der Waals surface area contributed by atoms with E-state index in [2.05, 4.69) is 29.3 Å². The molecule has 5 nitrogen and oxygen atoms in total. The summed E-state index contributed by atoms with van der Waals surface area (Å²) in [6.07, 6.45) is 7.63. The normalized spacial score (nSPS) is 20.6. The van der Waals surface area contributed by atoms with Crippen molar-refractivity contribution in [1.82, 2.24) is 15.5 Å². The van der Waals surface area contributed by atoms with Gasteiger partial charge in [-0.3, -0.25) is 0 Å².